The van der Waals surface area contributed by atoms with Gasteiger partial charge in [-0.25, -0.2) is 9.78 Å². The zero-order valence-electron chi connectivity index (χ0n) is 10.9. The summed E-state index contributed by atoms with van der Waals surface area (Å²) in [6.07, 6.45) is 0.257. The third kappa shape index (κ3) is 2.23. The summed E-state index contributed by atoms with van der Waals surface area (Å²) in [6.45, 7) is 4.30. The van der Waals surface area contributed by atoms with Crippen molar-refractivity contribution >= 4 is 11.9 Å². The lowest BCUT2D eigenvalue weighted by Gasteiger charge is -2.37. The molecule has 1 aromatic rings. The van der Waals surface area contributed by atoms with Crippen molar-refractivity contribution in [1.82, 2.24) is 10.3 Å². The second-order valence-electron chi connectivity index (χ2n) is 5.17. The van der Waals surface area contributed by atoms with Crippen LogP contribution in [0.15, 0.2) is 12.1 Å². The van der Waals surface area contributed by atoms with Gasteiger partial charge in [0.2, 0.25) is 0 Å². The lowest BCUT2D eigenvalue weighted by molar-refractivity contribution is 0.149. The molecule has 19 heavy (non-hydrogen) atoms. The highest BCUT2D eigenvalue weighted by Crippen LogP contribution is 2.33. The average Bonchev–Trinajstić information content (AvgIpc) is 2.75. The van der Waals surface area contributed by atoms with Crippen molar-refractivity contribution in [2.45, 2.75) is 32.0 Å². The largest absolute Gasteiger partial charge is 0.443 e. The van der Waals surface area contributed by atoms with Crippen LogP contribution in [0.2, 0.25) is 0 Å². The average molecular weight is 262 g/mol. The van der Waals surface area contributed by atoms with Gasteiger partial charge in [-0.2, -0.15) is 0 Å². The Balaban J connectivity index is 1.84. The minimum Gasteiger partial charge on any atom is -0.443 e. The Morgan fingerprint density at radius 2 is 2.42 bits per heavy atom. The zero-order valence-corrected chi connectivity index (χ0v) is 10.9. The van der Waals surface area contributed by atoms with Crippen molar-refractivity contribution in [1.29, 1.82) is 0 Å². The number of anilines is 1. The Labute approximate surface area is 111 Å². The van der Waals surface area contributed by atoms with Crippen LogP contribution in [-0.2, 0) is 17.8 Å². The van der Waals surface area contributed by atoms with E-state index in [0.29, 0.717) is 12.1 Å². The highest BCUT2D eigenvalue weighted by molar-refractivity contribution is 5.64. The van der Waals surface area contributed by atoms with E-state index < -0.39 is 6.09 Å². The number of amides is 1. The van der Waals surface area contributed by atoms with Crippen molar-refractivity contribution in [3.63, 3.8) is 0 Å². The maximum Gasteiger partial charge on any atom is 0.404 e. The molecule has 2 aliphatic heterocycles. The SMILES string of the molecule is CC1CNCC2Cc3ccc(COC(N)=O)nc3N12. The van der Waals surface area contributed by atoms with Gasteiger partial charge in [-0.1, -0.05) is 6.07 Å². The molecule has 2 atom stereocenters. The quantitative estimate of drug-likeness (QED) is 0.806. The van der Waals surface area contributed by atoms with Crippen molar-refractivity contribution in [2.75, 3.05) is 18.0 Å². The van der Waals surface area contributed by atoms with E-state index in [1.807, 2.05) is 6.07 Å². The van der Waals surface area contributed by atoms with Crippen LogP contribution < -0.4 is 16.0 Å². The Morgan fingerprint density at radius 3 is 3.21 bits per heavy atom. The van der Waals surface area contributed by atoms with E-state index in [0.717, 1.165) is 31.0 Å². The summed E-state index contributed by atoms with van der Waals surface area (Å²) in [5.74, 6) is 1.03. The Bertz CT molecular complexity index is 505. The van der Waals surface area contributed by atoms with Crippen LogP contribution in [0.3, 0.4) is 0 Å². The Kier molecular flexibility index (Phi) is 3.02. The summed E-state index contributed by atoms with van der Waals surface area (Å²) < 4.78 is 4.80. The Hall–Kier alpha value is -1.82. The number of fused-ring (bicyclic) bond motifs is 3. The number of nitrogens with one attached hydrogen (secondary N) is 1. The molecule has 2 unspecified atom stereocenters. The molecule has 2 aliphatic rings. The zero-order chi connectivity index (χ0) is 13.4. The van der Waals surface area contributed by atoms with Crippen molar-refractivity contribution in [3.8, 4) is 0 Å². The monoisotopic (exact) mass is 262 g/mol. The fourth-order valence-corrected chi connectivity index (χ4v) is 2.95. The number of rotatable bonds is 2. The van der Waals surface area contributed by atoms with E-state index in [1.54, 1.807) is 0 Å². The summed E-state index contributed by atoms with van der Waals surface area (Å²) >= 11 is 0. The van der Waals surface area contributed by atoms with Gasteiger partial charge in [0.1, 0.15) is 12.4 Å². The summed E-state index contributed by atoms with van der Waals surface area (Å²) in [6, 6.07) is 4.89. The minimum atomic E-state index is -0.768. The molecule has 1 amide bonds. The molecule has 0 spiro atoms. The van der Waals surface area contributed by atoms with Gasteiger partial charge >= 0.3 is 6.09 Å². The highest BCUT2D eigenvalue weighted by Gasteiger charge is 2.36. The van der Waals surface area contributed by atoms with Gasteiger partial charge in [-0.15, -0.1) is 0 Å². The fourth-order valence-electron chi connectivity index (χ4n) is 2.95. The second kappa shape index (κ2) is 4.70. The molecule has 6 heteroatoms. The molecule has 0 bridgehead atoms. The van der Waals surface area contributed by atoms with Gasteiger partial charge in [0, 0.05) is 25.2 Å². The first-order chi connectivity index (χ1) is 9.15. The lowest BCUT2D eigenvalue weighted by atomic mass is 10.1. The van der Waals surface area contributed by atoms with Gasteiger partial charge in [-0.05, 0) is 25.0 Å². The van der Waals surface area contributed by atoms with Crippen molar-refractivity contribution in [2.24, 2.45) is 5.73 Å². The van der Waals surface area contributed by atoms with Gasteiger partial charge in [0.05, 0.1) is 5.69 Å². The van der Waals surface area contributed by atoms with Crippen LogP contribution >= 0.6 is 0 Å². The van der Waals surface area contributed by atoms with Crippen molar-refractivity contribution < 1.29 is 9.53 Å². The third-order valence-electron chi connectivity index (χ3n) is 3.76. The first-order valence-electron chi connectivity index (χ1n) is 6.55. The van der Waals surface area contributed by atoms with Gasteiger partial charge in [0.15, 0.2) is 0 Å². The molecule has 1 aromatic heterocycles. The van der Waals surface area contributed by atoms with E-state index in [4.69, 9.17) is 10.5 Å². The molecule has 102 valence electrons. The van der Waals surface area contributed by atoms with E-state index in [9.17, 15) is 4.79 Å². The number of carbonyl (C=O) groups is 1. The molecule has 0 aromatic carbocycles. The number of pyridine rings is 1. The number of ether oxygens (including phenoxy) is 1. The molecule has 3 N–H and O–H groups in total. The number of piperazine rings is 1. The smallest absolute Gasteiger partial charge is 0.404 e. The summed E-state index contributed by atoms with van der Waals surface area (Å²) in [4.78, 5) is 17.6. The molecule has 3 heterocycles. The van der Waals surface area contributed by atoms with Crippen LogP contribution in [0.1, 0.15) is 18.2 Å². The number of nitrogens with zero attached hydrogens (tertiary/aromatic N) is 2. The van der Waals surface area contributed by atoms with E-state index in [1.165, 1.54) is 5.56 Å². The maximum atomic E-state index is 10.6. The maximum absolute atomic E-state index is 10.6. The molecule has 1 saturated heterocycles. The van der Waals surface area contributed by atoms with Crippen LogP contribution in [0, 0.1) is 0 Å². The molecule has 0 radical (unpaired) electrons. The van der Waals surface area contributed by atoms with Gasteiger partial charge < -0.3 is 20.7 Å². The predicted octanol–water partition coefficient (Wildman–Crippen LogP) is 0.400. The van der Waals surface area contributed by atoms with Crippen LogP contribution in [-0.4, -0.2) is 36.3 Å². The molecule has 3 rings (SSSR count). The molecule has 0 aliphatic carbocycles. The lowest BCUT2D eigenvalue weighted by Crippen LogP contribution is -2.55. The van der Waals surface area contributed by atoms with E-state index >= 15 is 0 Å². The fraction of sp³-hybridized carbons (Fsp3) is 0.538. The van der Waals surface area contributed by atoms with Gasteiger partial charge in [-0.3, -0.25) is 0 Å². The summed E-state index contributed by atoms with van der Waals surface area (Å²) in [7, 11) is 0. The summed E-state index contributed by atoms with van der Waals surface area (Å²) in [5.41, 5.74) is 6.98. The number of primary amides is 1. The highest BCUT2D eigenvalue weighted by atomic mass is 16.5. The van der Waals surface area contributed by atoms with E-state index in [-0.39, 0.29) is 6.61 Å². The number of nitrogens with two attached hydrogens (primary N) is 1. The first-order valence-corrected chi connectivity index (χ1v) is 6.55. The van der Waals surface area contributed by atoms with Crippen molar-refractivity contribution in [3.05, 3.63) is 23.4 Å². The van der Waals surface area contributed by atoms with E-state index in [2.05, 4.69) is 28.2 Å². The number of carbonyl (C=O) groups excluding carboxylic acids is 1. The third-order valence-corrected chi connectivity index (χ3v) is 3.76. The first kappa shape index (κ1) is 12.2. The van der Waals surface area contributed by atoms with Crippen LogP contribution in [0.5, 0.6) is 0 Å². The second-order valence-corrected chi connectivity index (χ2v) is 5.17. The molecular formula is C13H18N4O2. The summed E-state index contributed by atoms with van der Waals surface area (Å²) in [5, 5.41) is 3.44. The molecule has 1 fully saturated rings. The molecule has 6 nitrogen and oxygen atoms in total. The van der Waals surface area contributed by atoms with Crippen LogP contribution in [0.25, 0.3) is 0 Å². The molecular weight excluding hydrogens is 244 g/mol. The topological polar surface area (TPSA) is 80.5 Å². The number of aromatic nitrogens is 1. The van der Waals surface area contributed by atoms with Crippen LogP contribution in [0.4, 0.5) is 10.6 Å². The predicted molar refractivity (Wildman–Crippen MR) is 70.9 cm³/mol. The molecule has 0 saturated carbocycles. The number of hydrogen-bond donors (Lipinski definition) is 2. The number of hydrogen-bond acceptors (Lipinski definition) is 5. The minimum absolute atomic E-state index is 0.133. The van der Waals surface area contributed by atoms with Gasteiger partial charge in [0.25, 0.3) is 0 Å². The normalized spacial score (nSPS) is 24.8. The Morgan fingerprint density at radius 1 is 1.58 bits per heavy atom. The standard InChI is InChI=1S/C13H18N4O2/c1-8-5-15-6-11-4-9-2-3-10(7-19-13(14)18)16-12(9)17(8)11/h2-3,8,11,15H,4-7H2,1H3,(H2,14,18).